The Labute approximate surface area is 182 Å². The molecule has 1 heterocycles. The van der Waals surface area contributed by atoms with E-state index in [1.165, 1.54) is 48.1 Å². The van der Waals surface area contributed by atoms with Crippen LogP contribution in [0.2, 0.25) is 0 Å². The van der Waals surface area contributed by atoms with Crippen molar-refractivity contribution in [3.8, 4) is 6.07 Å². The van der Waals surface area contributed by atoms with E-state index in [1.54, 1.807) is 0 Å². The van der Waals surface area contributed by atoms with E-state index in [0.717, 1.165) is 38.3 Å². The van der Waals surface area contributed by atoms with Crippen molar-refractivity contribution in [3.05, 3.63) is 41.0 Å². The molecule has 1 aliphatic heterocycles. The topological polar surface area (TPSA) is 56.1 Å². The number of carbonyl (C=O) groups is 1. The first kappa shape index (κ1) is 22.6. The van der Waals surface area contributed by atoms with Gasteiger partial charge in [-0.25, -0.2) is 0 Å². The van der Waals surface area contributed by atoms with Crippen LogP contribution in [0.3, 0.4) is 0 Å². The van der Waals surface area contributed by atoms with Crippen LogP contribution < -0.4 is 5.32 Å². The predicted octanol–water partition coefficient (Wildman–Crippen LogP) is 5.15. The number of rotatable bonds is 8. The summed E-state index contributed by atoms with van der Waals surface area (Å²) in [6.07, 6.45) is 11.1. The Kier molecular flexibility index (Phi) is 8.51. The monoisotopic (exact) mass is 407 g/mol. The molecule has 0 atom stereocenters. The minimum Gasteiger partial charge on any atom is -0.353 e. The van der Waals surface area contributed by atoms with Crippen LogP contribution in [0.1, 0.15) is 74.5 Å². The van der Waals surface area contributed by atoms with E-state index < -0.39 is 0 Å². The number of hydrogen-bond donors (Lipinski definition) is 1. The summed E-state index contributed by atoms with van der Waals surface area (Å²) in [5.74, 6) is 0.912. The number of unbranched alkanes of at least 4 members (excludes halogenated alkanes) is 1. The summed E-state index contributed by atoms with van der Waals surface area (Å²) in [4.78, 5) is 14.5. The lowest BCUT2D eigenvalue weighted by atomic mass is 9.84. The second-order valence-electron chi connectivity index (χ2n) is 9.24. The van der Waals surface area contributed by atoms with Gasteiger partial charge in [-0.05, 0) is 82.4 Å². The maximum Gasteiger partial charge on any atom is 0.220 e. The lowest BCUT2D eigenvalue weighted by molar-refractivity contribution is -0.122. The third-order valence-corrected chi connectivity index (χ3v) is 6.64. The molecule has 1 aromatic rings. The fraction of sp³-hybridized carbons (Fsp3) is 0.615. The molecule has 0 saturated heterocycles. The molecule has 1 aliphatic carbocycles. The molecule has 0 bridgehead atoms. The minimum absolute atomic E-state index is 0.119. The standard InChI is InChI=1S/C26H37N3O/c1-20-17-21(2)19-24(18-20)23-11-15-29(16-12-23)14-10-22-6-8-25(9-7-22)28-26(30)5-3-4-13-27/h11,17-19,22,25H,3-10,12,14-16H2,1-2H3,(H,28,30). The number of nitriles is 1. The van der Waals surface area contributed by atoms with Gasteiger partial charge in [-0.1, -0.05) is 35.4 Å². The number of amides is 1. The Morgan fingerprint density at radius 2 is 1.90 bits per heavy atom. The summed E-state index contributed by atoms with van der Waals surface area (Å²) in [5.41, 5.74) is 5.61. The van der Waals surface area contributed by atoms with Crippen molar-refractivity contribution in [2.24, 2.45) is 5.92 Å². The molecule has 1 aromatic carbocycles. The smallest absolute Gasteiger partial charge is 0.220 e. The molecule has 4 heteroatoms. The highest BCUT2D eigenvalue weighted by Gasteiger charge is 2.23. The van der Waals surface area contributed by atoms with Crippen molar-refractivity contribution in [3.63, 3.8) is 0 Å². The zero-order valence-electron chi connectivity index (χ0n) is 18.8. The fourth-order valence-corrected chi connectivity index (χ4v) is 4.93. The van der Waals surface area contributed by atoms with Crippen LogP contribution in [0.4, 0.5) is 0 Å². The van der Waals surface area contributed by atoms with Crippen molar-refractivity contribution in [1.82, 2.24) is 10.2 Å². The molecule has 30 heavy (non-hydrogen) atoms. The Balaban J connectivity index is 1.35. The van der Waals surface area contributed by atoms with Gasteiger partial charge in [-0.2, -0.15) is 5.26 Å². The molecule has 1 N–H and O–H groups in total. The zero-order valence-corrected chi connectivity index (χ0v) is 18.8. The lowest BCUT2D eigenvalue weighted by Crippen LogP contribution is -2.38. The van der Waals surface area contributed by atoms with Gasteiger partial charge < -0.3 is 5.32 Å². The van der Waals surface area contributed by atoms with Gasteiger partial charge >= 0.3 is 0 Å². The number of nitrogens with one attached hydrogen (secondary N) is 1. The summed E-state index contributed by atoms with van der Waals surface area (Å²) >= 11 is 0. The second kappa shape index (κ2) is 11.3. The zero-order chi connectivity index (χ0) is 21.3. The lowest BCUT2D eigenvalue weighted by Gasteiger charge is -2.32. The molecule has 1 amide bonds. The Hall–Kier alpha value is -2.12. The second-order valence-corrected chi connectivity index (χ2v) is 9.24. The van der Waals surface area contributed by atoms with E-state index in [0.29, 0.717) is 25.3 Å². The van der Waals surface area contributed by atoms with Gasteiger partial charge in [0.25, 0.3) is 0 Å². The number of aryl methyl sites for hydroxylation is 2. The molecule has 0 unspecified atom stereocenters. The van der Waals surface area contributed by atoms with Gasteiger partial charge in [0.05, 0.1) is 6.07 Å². The summed E-state index contributed by atoms with van der Waals surface area (Å²) < 4.78 is 0. The maximum absolute atomic E-state index is 11.9. The molecule has 3 rings (SSSR count). The van der Waals surface area contributed by atoms with E-state index in [-0.39, 0.29) is 5.91 Å². The van der Waals surface area contributed by atoms with Crippen LogP contribution in [0.25, 0.3) is 5.57 Å². The number of hydrogen-bond acceptors (Lipinski definition) is 3. The number of nitrogens with zero attached hydrogens (tertiary/aromatic N) is 2. The molecule has 0 radical (unpaired) electrons. The number of benzene rings is 1. The SMILES string of the molecule is Cc1cc(C)cc(C2=CCN(CCC3CCC(NC(=O)CCCC#N)CC3)CC2)c1. The van der Waals surface area contributed by atoms with Crippen molar-refractivity contribution in [1.29, 1.82) is 5.26 Å². The summed E-state index contributed by atoms with van der Waals surface area (Å²) in [6, 6.07) is 9.32. The van der Waals surface area contributed by atoms with Crippen LogP contribution in [-0.2, 0) is 4.79 Å². The van der Waals surface area contributed by atoms with Crippen LogP contribution in [-0.4, -0.2) is 36.5 Å². The van der Waals surface area contributed by atoms with Crippen molar-refractivity contribution < 1.29 is 4.79 Å². The van der Waals surface area contributed by atoms with Gasteiger partial charge in [0.2, 0.25) is 5.91 Å². The first-order valence-electron chi connectivity index (χ1n) is 11.7. The molecule has 1 saturated carbocycles. The summed E-state index contributed by atoms with van der Waals surface area (Å²) in [7, 11) is 0. The average Bonchev–Trinajstić information content (AvgIpc) is 2.73. The van der Waals surface area contributed by atoms with Gasteiger partial charge in [-0.15, -0.1) is 0 Å². The molecular weight excluding hydrogens is 370 g/mol. The van der Waals surface area contributed by atoms with E-state index in [1.807, 2.05) is 0 Å². The van der Waals surface area contributed by atoms with Crippen LogP contribution in [0.15, 0.2) is 24.3 Å². The van der Waals surface area contributed by atoms with E-state index in [4.69, 9.17) is 5.26 Å². The molecule has 0 spiro atoms. The van der Waals surface area contributed by atoms with Crippen LogP contribution in [0.5, 0.6) is 0 Å². The molecule has 0 aromatic heterocycles. The highest BCUT2D eigenvalue weighted by molar-refractivity contribution is 5.76. The van der Waals surface area contributed by atoms with Gasteiger partial charge in [0.1, 0.15) is 0 Å². The number of carbonyl (C=O) groups excluding carboxylic acids is 1. The average molecular weight is 408 g/mol. The quantitative estimate of drug-likeness (QED) is 0.606. The molecule has 162 valence electrons. The molecule has 1 fully saturated rings. The van der Waals surface area contributed by atoms with Crippen LogP contribution in [0, 0.1) is 31.1 Å². The Morgan fingerprint density at radius 3 is 2.53 bits per heavy atom. The summed E-state index contributed by atoms with van der Waals surface area (Å²) in [5, 5.41) is 11.7. The van der Waals surface area contributed by atoms with Gasteiger partial charge in [-0.3, -0.25) is 9.69 Å². The van der Waals surface area contributed by atoms with Gasteiger partial charge in [0, 0.05) is 32.0 Å². The van der Waals surface area contributed by atoms with Crippen LogP contribution >= 0.6 is 0 Å². The first-order valence-corrected chi connectivity index (χ1v) is 11.7. The van der Waals surface area contributed by atoms with E-state index >= 15 is 0 Å². The highest BCUT2D eigenvalue weighted by atomic mass is 16.1. The summed E-state index contributed by atoms with van der Waals surface area (Å²) in [6.45, 7) is 7.78. The normalized spacial score (nSPS) is 22.2. The van der Waals surface area contributed by atoms with E-state index in [2.05, 4.69) is 54.4 Å². The van der Waals surface area contributed by atoms with E-state index in [9.17, 15) is 4.79 Å². The first-order chi connectivity index (χ1) is 14.5. The van der Waals surface area contributed by atoms with Gasteiger partial charge in [0.15, 0.2) is 0 Å². The third kappa shape index (κ3) is 6.99. The van der Waals surface area contributed by atoms with Crippen molar-refractivity contribution >= 4 is 11.5 Å². The molecule has 2 aliphatic rings. The highest BCUT2D eigenvalue weighted by Crippen LogP contribution is 2.29. The predicted molar refractivity (Wildman–Crippen MR) is 123 cm³/mol. The van der Waals surface area contributed by atoms with Crippen molar-refractivity contribution in [2.75, 3.05) is 19.6 Å². The Morgan fingerprint density at radius 1 is 1.17 bits per heavy atom. The Bertz CT molecular complexity index is 764. The largest absolute Gasteiger partial charge is 0.353 e. The fourth-order valence-electron chi connectivity index (χ4n) is 4.93. The molecular formula is C26H37N3O. The minimum atomic E-state index is 0.119. The third-order valence-electron chi connectivity index (χ3n) is 6.64. The van der Waals surface area contributed by atoms with Crippen molar-refractivity contribution in [2.45, 2.75) is 77.7 Å². The maximum atomic E-state index is 11.9. The molecule has 4 nitrogen and oxygen atoms in total.